The van der Waals surface area contributed by atoms with Gasteiger partial charge in [-0.3, -0.25) is 9.78 Å². The Morgan fingerprint density at radius 2 is 2.00 bits per heavy atom. The third-order valence-electron chi connectivity index (χ3n) is 4.35. The molecule has 0 fully saturated rings. The van der Waals surface area contributed by atoms with E-state index in [1.807, 2.05) is 26.0 Å². The summed E-state index contributed by atoms with van der Waals surface area (Å²) < 4.78 is 15.6. The molecular formula is C20H25FN6O2. The maximum Gasteiger partial charge on any atom is 0.255 e. The summed E-state index contributed by atoms with van der Waals surface area (Å²) in [6.07, 6.45) is 4.94. The predicted molar refractivity (Wildman–Crippen MR) is 109 cm³/mol. The van der Waals surface area contributed by atoms with Crippen LogP contribution in [0.2, 0.25) is 0 Å². The molecule has 3 heterocycles. The van der Waals surface area contributed by atoms with E-state index in [1.165, 1.54) is 20.0 Å². The second kappa shape index (κ2) is 8.12. The number of pyridine rings is 1. The lowest BCUT2D eigenvalue weighted by molar-refractivity contribution is -0.00177. The SMILES string of the molecule is CC(C)Nc1c(C(=O)NCC(F)C(C)(C)O)cnn2cc(-c3ccncc3)nc12. The fraction of sp³-hybridized carbons (Fsp3) is 0.400. The van der Waals surface area contributed by atoms with Gasteiger partial charge in [0.2, 0.25) is 0 Å². The molecule has 3 aromatic rings. The van der Waals surface area contributed by atoms with Crippen LogP contribution in [0.1, 0.15) is 38.1 Å². The number of aromatic nitrogens is 4. The highest BCUT2D eigenvalue weighted by atomic mass is 19.1. The van der Waals surface area contributed by atoms with Gasteiger partial charge in [0, 0.05) is 24.0 Å². The maximum atomic E-state index is 14.0. The van der Waals surface area contributed by atoms with Gasteiger partial charge in [-0.25, -0.2) is 13.9 Å². The van der Waals surface area contributed by atoms with Crippen LogP contribution >= 0.6 is 0 Å². The number of amides is 1. The Bertz CT molecular complexity index is 997. The Kier molecular flexibility index (Phi) is 5.78. The molecular weight excluding hydrogens is 375 g/mol. The Labute approximate surface area is 168 Å². The first-order valence-corrected chi connectivity index (χ1v) is 9.36. The zero-order chi connectivity index (χ0) is 21.2. The number of hydrogen-bond acceptors (Lipinski definition) is 6. The van der Waals surface area contributed by atoms with Gasteiger partial charge in [0.25, 0.3) is 5.91 Å². The number of carbonyl (C=O) groups excluding carboxylic acids is 1. The minimum absolute atomic E-state index is 0.0270. The van der Waals surface area contributed by atoms with Crippen LogP contribution in [0.3, 0.4) is 0 Å². The van der Waals surface area contributed by atoms with Crippen molar-refractivity contribution in [2.45, 2.75) is 45.5 Å². The van der Waals surface area contributed by atoms with Crippen LogP contribution in [0, 0.1) is 0 Å². The van der Waals surface area contributed by atoms with Crippen LogP contribution in [-0.2, 0) is 0 Å². The van der Waals surface area contributed by atoms with Crippen molar-refractivity contribution < 1.29 is 14.3 Å². The highest BCUT2D eigenvalue weighted by Gasteiger charge is 2.27. The standard InChI is InChI=1S/C20H25FN6O2/c1-12(2)25-17-14(19(28)23-10-16(21)20(3,4)29)9-24-27-11-15(26-18(17)27)13-5-7-22-8-6-13/h5-9,11-12,16,25,29H,10H2,1-4H3,(H,23,28). The number of halogens is 1. The van der Waals surface area contributed by atoms with Crippen LogP contribution in [0.4, 0.5) is 10.1 Å². The van der Waals surface area contributed by atoms with Crippen molar-refractivity contribution in [3.63, 3.8) is 0 Å². The van der Waals surface area contributed by atoms with Gasteiger partial charge in [0.05, 0.1) is 41.5 Å². The van der Waals surface area contributed by atoms with Crippen molar-refractivity contribution in [2.75, 3.05) is 11.9 Å². The summed E-state index contributed by atoms with van der Waals surface area (Å²) in [5.41, 5.74) is 1.26. The lowest BCUT2D eigenvalue weighted by atomic mass is 10.0. The Balaban J connectivity index is 1.97. The monoisotopic (exact) mass is 400 g/mol. The number of nitrogens with one attached hydrogen (secondary N) is 2. The van der Waals surface area contributed by atoms with E-state index in [0.29, 0.717) is 17.0 Å². The molecule has 3 N–H and O–H groups in total. The van der Waals surface area contributed by atoms with E-state index in [2.05, 4.69) is 25.7 Å². The molecule has 3 aromatic heterocycles. The van der Waals surface area contributed by atoms with E-state index in [1.54, 1.807) is 23.1 Å². The highest BCUT2D eigenvalue weighted by molar-refractivity contribution is 6.02. The number of alkyl halides is 1. The molecule has 0 saturated carbocycles. The van der Waals surface area contributed by atoms with E-state index in [4.69, 9.17) is 0 Å². The van der Waals surface area contributed by atoms with E-state index < -0.39 is 17.7 Å². The molecule has 0 aliphatic carbocycles. The molecule has 0 aliphatic heterocycles. The average molecular weight is 400 g/mol. The maximum absolute atomic E-state index is 14.0. The van der Waals surface area contributed by atoms with E-state index >= 15 is 0 Å². The van der Waals surface area contributed by atoms with Gasteiger partial charge in [-0.1, -0.05) is 0 Å². The smallest absolute Gasteiger partial charge is 0.255 e. The predicted octanol–water partition coefficient (Wildman–Crippen LogP) is 2.45. The summed E-state index contributed by atoms with van der Waals surface area (Å²) in [5.74, 6) is -0.497. The lowest BCUT2D eigenvalue weighted by Crippen LogP contribution is -2.42. The Morgan fingerprint density at radius 3 is 2.62 bits per heavy atom. The molecule has 154 valence electrons. The zero-order valence-corrected chi connectivity index (χ0v) is 16.8. The number of fused-ring (bicyclic) bond motifs is 1. The molecule has 3 rings (SSSR count). The second-order valence-corrected chi connectivity index (χ2v) is 7.69. The second-order valence-electron chi connectivity index (χ2n) is 7.69. The molecule has 1 amide bonds. The first-order valence-electron chi connectivity index (χ1n) is 9.36. The van der Waals surface area contributed by atoms with Gasteiger partial charge in [-0.15, -0.1) is 0 Å². The molecule has 29 heavy (non-hydrogen) atoms. The van der Waals surface area contributed by atoms with Gasteiger partial charge in [0.1, 0.15) is 6.17 Å². The molecule has 0 saturated heterocycles. The summed E-state index contributed by atoms with van der Waals surface area (Å²) in [6, 6.07) is 3.70. The number of anilines is 1. The van der Waals surface area contributed by atoms with Crippen molar-refractivity contribution in [3.8, 4) is 11.3 Å². The van der Waals surface area contributed by atoms with Gasteiger partial charge in [-0.2, -0.15) is 5.10 Å². The quantitative estimate of drug-likeness (QED) is 0.563. The topological polar surface area (TPSA) is 104 Å². The van der Waals surface area contributed by atoms with E-state index in [9.17, 15) is 14.3 Å². The molecule has 8 nitrogen and oxygen atoms in total. The largest absolute Gasteiger partial charge is 0.387 e. The summed E-state index contributed by atoms with van der Waals surface area (Å²) in [6.45, 7) is 6.28. The third-order valence-corrected chi connectivity index (χ3v) is 4.35. The van der Waals surface area contributed by atoms with Gasteiger partial charge < -0.3 is 15.7 Å². The zero-order valence-electron chi connectivity index (χ0n) is 16.8. The molecule has 0 radical (unpaired) electrons. The number of imidazole rings is 1. The van der Waals surface area contributed by atoms with Crippen molar-refractivity contribution >= 4 is 17.2 Å². The van der Waals surface area contributed by atoms with Crippen molar-refractivity contribution in [1.29, 1.82) is 0 Å². The number of carbonyl (C=O) groups is 1. The minimum atomic E-state index is -1.60. The van der Waals surface area contributed by atoms with Crippen LogP contribution < -0.4 is 10.6 Å². The van der Waals surface area contributed by atoms with Gasteiger partial charge in [-0.05, 0) is 39.8 Å². The summed E-state index contributed by atoms with van der Waals surface area (Å²) in [5, 5.41) is 19.8. The van der Waals surface area contributed by atoms with Crippen LogP contribution in [0.5, 0.6) is 0 Å². The fourth-order valence-corrected chi connectivity index (χ4v) is 2.73. The average Bonchev–Trinajstić information content (AvgIpc) is 3.10. The normalized spacial score (nSPS) is 12.9. The van der Waals surface area contributed by atoms with Gasteiger partial charge >= 0.3 is 0 Å². The summed E-state index contributed by atoms with van der Waals surface area (Å²) in [7, 11) is 0. The molecule has 0 aromatic carbocycles. The Morgan fingerprint density at radius 1 is 1.31 bits per heavy atom. The van der Waals surface area contributed by atoms with Crippen molar-refractivity contribution in [3.05, 3.63) is 42.5 Å². The minimum Gasteiger partial charge on any atom is -0.387 e. The van der Waals surface area contributed by atoms with Crippen LogP contribution in [0.15, 0.2) is 36.9 Å². The molecule has 0 aliphatic rings. The molecule has 0 bridgehead atoms. The fourth-order valence-electron chi connectivity index (χ4n) is 2.73. The van der Waals surface area contributed by atoms with E-state index in [-0.39, 0.29) is 18.2 Å². The lowest BCUT2D eigenvalue weighted by Gasteiger charge is -2.22. The van der Waals surface area contributed by atoms with Crippen molar-refractivity contribution in [2.24, 2.45) is 0 Å². The molecule has 9 heteroatoms. The van der Waals surface area contributed by atoms with Crippen molar-refractivity contribution in [1.82, 2.24) is 24.9 Å². The van der Waals surface area contributed by atoms with E-state index in [0.717, 1.165) is 5.56 Å². The highest BCUT2D eigenvalue weighted by Crippen LogP contribution is 2.25. The van der Waals surface area contributed by atoms with Crippen LogP contribution in [0.25, 0.3) is 16.9 Å². The third kappa shape index (κ3) is 4.68. The molecule has 1 atom stereocenters. The molecule has 1 unspecified atom stereocenters. The summed E-state index contributed by atoms with van der Waals surface area (Å²) in [4.78, 5) is 21.4. The Hall–Kier alpha value is -3.07. The molecule has 0 spiro atoms. The number of nitrogens with zero attached hydrogens (tertiary/aromatic N) is 4. The summed E-state index contributed by atoms with van der Waals surface area (Å²) >= 11 is 0. The van der Waals surface area contributed by atoms with Gasteiger partial charge in [0.15, 0.2) is 5.65 Å². The first kappa shape index (κ1) is 20.7. The number of hydrogen-bond donors (Lipinski definition) is 3. The number of rotatable bonds is 7. The van der Waals surface area contributed by atoms with Crippen LogP contribution in [-0.4, -0.2) is 55.0 Å². The first-order chi connectivity index (χ1) is 13.7. The number of aliphatic hydroxyl groups is 1.